The summed E-state index contributed by atoms with van der Waals surface area (Å²) < 4.78 is 0. The zero-order valence-electron chi connectivity index (χ0n) is 12.3. The maximum atomic E-state index is 12.5. The molecule has 0 amide bonds. The summed E-state index contributed by atoms with van der Waals surface area (Å²) in [5, 5.41) is 4.43. The fraction of sp³-hybridized carbons (Fsp3) is 0.0588. The Morgan fingerprint density at radius 1 is 1.22 bits per heavy atom. The highest BCUT2D eigenvalue weighted by Crippen LogP contribution is 2.31. The van der Waals surface area contributed by atoms with E-state index in [4.69, 9.17) is 17.3 Å². The molecule has 4 nitrogen and oxygen atoms in total. The fourth-order valence-electron chi connectivity index (χ4n) is 2.15. The predicted octanol–water partition coefficient (Wildman–Crippen LogP) is 4.66. The second kappa shape index (κ2) is 6.40. The molecule has 23 heavy (non-hydrogen) atoms. The van der Waals surface area contributed by atoms with Crippen molar-refractivity contribution in [3.05, 3.63) is 69.6 Å². The van der Waals surface area contributed by atoms with E-state index < -0.39 is 0 Å². The molecule has 3 rings (SSSR count). The zero-order chi connectivity index (χ0) is 16.4. The van der Waals surface area contributed by atoms with Gasteiger partial charge < -0.3 is 11.1 Å². The molecule has 0 bridgehead atoms. The van der Waals surface area contributed by atoms with Crippen molar-refractivity contribution in [2.45, 2.75) is 6.92 Å². The Hall–Kier alpha value is -2.37. The summed E-state index contributed by atoms with van der Waals surface area (Å²) in [6.07, 6.45) is 0. The van der Waals surface area contributed by atoms with Crippen LogP contribution in [-0.4, -0.2) is 10.8 Å². The maximum absolute atomic E-state index is 12.5. The number of carbonyl (C=O) groups is 1. The first-order valence-electron chi connectivity index (χ1n) is 6.94. The van der Waals surface area contributed by atoms with E-state index in [1.807, 2.05) is 37.3 Å². The van der Waals surface area contributed by atoms with Gasteiger partial charge in [-0.15, -0.1) is 0 Å². The number of hydrogen-bond donors (Lipinski definition) is 2. The first kappa shape index (κ1) is 15.5. The van der Waals surface area contributed by atoms with Gasteiger partial charge in [0.25, 0.3) is 0 Å². The lowest BCUT2D eigenvalue weighted by Crippen LogP contribution is -2.02. The van der Waals surface area contributed by atoms with Crippen LogP contribution in [0.25, 0.3) is 0 Å². The van der Waals surface area contributed by atoms with E-state index in [1.54, 1.807) is 18.2 Å². The van der Waals surface area contributed by atoms with Gasteiger partial charge in [0.15, 0.2) is 5.13 Å². The molecular formula is C17H14ClN3OS. The minimum atomic E-state index is -0.124. The number of aromatic nitrogens is 1. The molecule has 0 aliphatic heterocycles. The molecule has 3 aromatic rings. The highest BCUT2D eigenvalue weighted by molar-refractivity contribution is 7.18. The van der Waals surface area contributed by atoms with Crippen LogP contribution in [0.5, 0.6) is 0 Å². The van der Waals surface area contributed by atoms with E-state index in [9.17, 15) is 4.79 Å². The second-order valence-electron chi connectivity index (χ2n) is 5.01. The molecule has 0 atom stereocenters. The molecular weight excluding hydrogens is 330 g/mol. The highest BCUT2D eigenvalue weighted by atomic mass is 35.5. The molecule has 0 aliphatic carbocycles. The lowest BCUT2D eigenvalue weighted by atomic mass is 10.1. The molecule has 0 fully saturated rings. The van der Waals surface area contributed by atoms with Crippen LogP contribution in [0, 0.1) is 6.92 Å². The number of halogens is 1. The number of ketones is 1. The predicted molar refractivity (Wildman–Crippen MR) is 95.9 cm³/mol. The standard InChI is InChI=1S/C17H14ClN3OS/c1-10-9-12(18)7-8-13(10)20-17-21-16(19)15(23-17)14(22)11-5-3-2-4-6-11/h2-9H,19H2,1H3,(H,20,21). The maximum Gasteiger partial charge on any atom is 0.206 e. The Balaban J connectivity index is 1.88. The molecule has 0 saturated heterocycles. The third kappa shape index (κ3) is 3.36. The molecule has 2 aromatic carbocycles. The summed E-state index contributed by atoms with van der Waals surface area (Å²) in [6, 6.07) is 14.6. The van der Waals surface area contributed by atoms with Gasteiger partial charge >= 0.3 is 0 Å². The number of nitrogens with one attached hydrogen (secondary N) is 1. The number of nitrogens with two attached hydrogens (primary N) is 1. The van der Waals surface area contributed by atoms with Crippen molar-refractivity contribution in [3.63, 3.8) is 0 Å². The number of aryl methyl sites for hydroxylation is 1. The van der Waals surface area contributed by atoms with Crippen LogP contribution in [0.3, 0.4) is 0 Å². The number of thiazole rings is 1. The SMILES string of the molecule is Cc1cc(Cl)ccc1Nc1nc(N)c(C(=O)c2ccccc2)s1. The van der Waals surface area contributed by atoms with Crippen LogP contribution in [0.15, 0.2) is 48.5 Å². The first-order valence-corrected chi connectivity index (χ1v) is 8.13. The lowest BCUT2D eigenvalue weighted by Gasteiger charge is -2.06. The summed E-state index contributed by atoms with van der Waals surface area (Å²) >= 11 is 7.19. The largest absolute Gasteiger partial charge is 0.382 e. The van der Waals surface area contributed by atoms with Crippen molar-refractivity contribution in [2.24, 2.45) is 0 Å². The number of rotatable bonds is 4. The average Bonchev–Trinajstić information content (AvgIpc) is 2.91. The summed E-state index contributed by atoms with van der Waals surface area (Å²) in [5.74, 6) is 0.111. The average molecular weight is 344 g/mol. The molecule has 0 unspecified atom stereocenters. The van der Waals surface area contributed by atoms with E-state index in [2.05, 4.69) is 10.3 Å². The third-order valence-electron chi connectivity index (χ3n) is 3.33. The van der Waals surface area contributed by atoms with Gasteiger partial charge in [-0.25, -0.2) is 4.98 Å². The molecule has 0 spiro atoms. The molecule has 1 aromatic heterocycles. The van der Waals surface area contributed by atoms with Crippen LogP contribution in [0.2, 0.25) is 5.02 Å². The van der Waals surface area contributed by atoms with Crippen molar-refractivity contribution in [3.8, 4) is 0 Å². The molecule has 1 heterocycles. The Morgan fingerprint density at radius 3 is 2.65 bits per heavy atom. The number of hydrogen-bond acceptors (Lipinski definition) is 5. The van der Waals surface area contributed by atoms with E-state index in [1.165, 1.54) is 11.3 Å². The number of nitrogens with zero attached hydrogens (tertiary/aromatic N) is 1. The first-order chi connectivity index (χ1) is 11.0. The molecule has 6 heteroatoms. The number of carbonyl (C=O) groups excluding carboxylic acids is 1. The summed E-state index contributed by atoms with van der Waals surface area (Å²) in [7, 11) is 0. The molecule has 0 saturated carbocycles. The number of benzene rings is 2. The normalized spacial score (nSPS) is 10.5. The minimum absolute atomic E-state index is 0.124. The molecule has 0 aliphatic rings. The minimum Gasteiger partial charge on any atom is -0.382 e. The quantitative estimate of drug-likeness (QED) is 0.676. The van der Waals surface area contributed by atoms with Crippen molar-refractivity contribution >= 4 is 45.4 Å². The van der Waals surface area contributed by atoms with Crippen molar-refractivity contribution < 1.29 is 4.79 Å². The highest BCUT2D eigenvalue weighted by Gasteiger charge is 2.18. The Labute approximate surface area is 142 Å². The van der Waals surface area contributed by atoms with Gasteiger partial charge in [0.1, 0.15) is 10.7 Å². The van der Waals surface area contributed by atoms with Crippen molar-refractivity contribution in [1.82, 2.24) is 4.98 Å². The van der Waals surface area contributed by atoms with Crippen LogP contribution in [0.1, 0.15) is 20.8 Å². The van der Waals surface area contributed by atoms with Crippen molar-refractivity contribution in [1.29, 1.82) is 0 Å². The van der Waals surface area contributed by atoms with Gasteiger partial charge in [0.2, 0.25) is 5.78 Å². The fourth-order valence-corrected chi connectivity index (χ4v) is 3.24. The molecule has 3 N–H and O–H groups in total. The van der Waals surface area contributed by atoms with E-state index in [0.717, 1.165) is 11.3 Å². The van der Waals surface area contributed by atoms with Gasteiger partial charge in [-0.05, 0) is 30.7 Å². The Kier molecular flexibility index (Phi) is 4.32. The number of nitrogen functional groups attached to an aromatic ring is 1. The Bertz CT molecular complexity index is 862. The monoisotopic (exact) mass is 343 g/mol. The van der Waals surface area contributed by atoms with Gasteiger partial charge in [-0.2, -0.15) is 0 Å². The summed E-state index contributed by atoms with van der Waals surface area (Å²) in [6.45, 7) is 1.95. The van der Waals surface area contributed by atoms with Gasteiger partial charge in [0.05, 0.1) is 0 Å². The summed E-state index contributed by atoms with van der Waals surface area (Å²) in [5.41, 5.74) is 8.37. The zero-order valence-corrected chi connectivity index (χ0v) is 13.9. The van der Waals surface area contributed by atoms with Crippen LogP contribution >= 0.6 is 22.9 Å². The van der Waals surface area contributed by atoms with Crippen molar-refractivity contribution in [2.75, 3.05) is 11.1 Å². The van der Waals surface area contributed by atoms with Crippen LogP contribution in [-0.2, 0) is 0 Å². The second-order valence-corrected chi connectivity index (χ2v) is 6.45. The molecule has 0 radical (unpaired) electrons. The molecule has 116 valence electrons. The van der Waals surface area contributed by atoms with Gasteiger partial charge in [-0.3, -0.25) is 4.79 Å². The van der Waals surface area contributed by atoms with E-state index >= 15 is 0 Å². The number of anilines is 3. The Morgan fingerprint density at radius 2 is 1.96 bits per heavy atom. The summed E-state index contributed by atoms with van der Waals surface area (Å²) in [4.78, 5) is 17.2. The topological polar surface area (TPSA) is 68.0 Å². The van der Waals surface area contributed by atoms with E-state index in [-0.39, 0.29) is 11.6 Å². The van der Waals surface area contributed by atoms with Gasteiger partial charge in [-0.1, -0.05) is 53.3 Å². The van der Waals surface area contributed by atoms with Gasteiger partial charge in [0, 0.05) is 16.3 Å². The third-order valence-corrected chi connectivity index (χ3v) is 4.55. The smallest absolute Gasteiger partial charge is 0.206 e. The van der Waals surface area contributed by atoms with E-state index in [0.29, 0.717) is 20.6 Å². The van der Waals surface area contributed by atoms with Crippen LogP contribution in [0.4, 0.5) is 16.6 Å². The van der Waals surface area contributed by atoms with Crippen LogP contribution < -0.4 is 11.1 Å². The lowest BCUT2D eigenvalue weighted by molar-refractivity contribution is 0.104.